The maximum absolute atomic E-state index is 13.7. The number of nitrogens with zero attached hydrogens (tertiary/aromatic N) is 1. The van der Waals surface area contributed by atoms with Crippen LogP contribution in [0, 0.1) is 12.7 Å². The van der Waals surface area contributed by atoms with Crippen LogP contribution in [0.5, 0.6) is 0 Å². The highest BCUT2D eigenvalue weighted by Gasteiger charge is 2.27. The molecule has 33 heavy (non-hydrogen) atoms. The Balaban J connectivity index is 1.63. The number of sulfonamides is 1. The lowest BCUT2D eigenvalue weighted by molar-refractivity contribution is 0.0730. The van der Waals surface area contributed by atoms with E-state index in [0.29, 0.717) is 43.3 Å². The summed E-state index contributed by atoms with van der Waals surface area (Å²) >= 11 is 0. The SMILES string of the molecule is Cc1ccc(F)cc1C(=O)Nc1cc(S(=O)(=O)N2CCOCC2)ccc1NCC1CCCO1. The molecule has 8 nitrogen and oxygen atoms in total. The van der Waals surface area contributed by atoms with Crippen LogP contribution in [0.1, 0.15) is 28.8 Å². The lowest BCUT2D eigenvalue weighted by atomic mass is 10.1. The fraction of sp³-hybridized carbons (Fsp3) is 0.435. The number of anilines is 2. The van der Waals surface area contributed by atoms with Gasteiger partial charge in [-0.2, -0.15) is 4.31 Å². The molecule has 2 heterocycles. The molecule has 178 valence electrons. The molecule has 1 amide bonds. The van der Waals surface area contributed by atoms with Crippen molar-refractivity contribution in [1.82, 2.24) is 4.31 Å². The van der Waals surface area contributed by atoms with E-state index < -0.39 is 21.7 Å². The van der Waals surface area contributed by atoms with Crippen LogP contribution in [0.3, 0.4) is 0 Å². The molecule has 2 fully saturated rings. The van der Waals surface area contributed by atoms with E-state index in [-0.39, 0.29) is 29.7 Å². The van der Waals surface area contributed by atoms with Gasteiger partial charge in [0, 0.05) is 31.8 Å². The topological polar surface area (TPSA) is 97.0 Å². The fourth-order valence-corrected chi connectivity index (χ4v) is 5.37. The van der Waals surface area contributed by atoms with Gasteiger partial charge < -0.3 is 20.1 Å². The standard InChI is InChI=1S/C23H28FN3O5S/c1-16-4-5-17(24)13-20(16)23(28)26-22-14-19(33(29,30)27-8-11-31-12-9-27)6-7-21(22)25-15-18-3-2-10-32-18/h4-7,13-14,18,25H,2-3,8-12,15H2,1H3,(H,26,28). The number of nitrogens with one attached hydrogen (secondary N) is 2. The van der Waals surface area contributed by atoms with Gasteiger partial charge in [0.05, 0.1) is 35.6 Å². The molecule has 2 aromatic carbocycles. The lowest BCUT2D eigenvalue weighted by Gasteiger charge is -2.26. The molecule has 0 spiro atoms. The van der Waals surface area contributed by atoms with Crippen LogP contribution in [-0.2, 0) is 19.5 Å². The van der Waals surface area contributed by atoms with Crippen LogP contribution in [-0.4, -0.2) is 64.2 Å². The summed E-state index contributed by atoms with van der Waals surface area (Å²) < 4.78 is 52.3. The van der Waals surface area contributed by atoms with Gasteiger partial charge in [-0.1, -0.05) is 6.07 Å². The number of hydrogen-bond acceptors (Lipinski definition) is 6. The van der Waals surface area contributed by atoms with Crippen molar-refractivity contribution in [2.75, 3.05) is 50.1 Å². The Morgan fingerprint density at radius 2 is 1.91 bits per heavy atom. The predicted octanol–water partition coefficient (Wildman–Crippen LogP) is 3.00. The normalized spacial score (nSPS) is 19.4. The van der Waals surface area contributed by atoms with Gasteiger partial charge in [0.15, 0.2) is 0 Å². The summed E-state index contributed by atoms with van der Waals surface area (Å²) in [6, 6.07) is 8.58. The second-order valence-electron chi connectivity index (χ2n) is 8.15. The van der Waals surface area contributed by atoms with E-state index in [2.05, 4.69) is 10.6 Å². The summed E-state index contributed by atoms with van der Waals surface area (Å²) in [5.41, 5.74) is 1.66. The number of amides is 1. The van der Waals surface area contributed by atoms with Crippen molar-refractivity contribution >= 4 is 27.3 Å². The maximum atomic E-state index is 13.7. The molecule has 10 heteroatoms. The van der Waals surface area contributed by atoms with E-state index in [1.807, 2.05) is 0 Å². The van der Waals surface area contributed by atoms with Gasteiger partial charge >= 0.3 is 0 Å². The van der Waals surface area contributed by atoms with Crippen LogP contribution < -0.4 is 10.6 Å². The predicted molar refractivity (Wildman–Crippen MR) is 123 cm³/mol. The van der Waals surface area contributed by atoms with Crippen molar-refractivity contribution in [3.63, 3.8) is 0 Å². The number of benzene rings is 2. The number of halogens is 1. The summed E-state index contributed by atoms with van der Waals surface area (Å²) in [4.78, 5) is 13.0. The molecule has 2 N–H and O–H groups in total. The first-order valence-electron chi connectivity index (χ1n) is 11.0. The Hall–Kier alpha value is -2.53. The van der Waals surface area contributed by atoms with E-state index in [4.69, 9.17) is 9.47 Å². The summed E-state index contributed by atoms with van der Waals surface area (Å²) in [6.45, 7) is 4.16. The average Bonchev–Trinajstić information content (AvgIpc) is 3.34. The first-order valence-corrected chi connectivity index (χ1v) is 12.4. The van der Waals surface area contributed by atoms with Gasteiger partial charge in [-0.25, -0.2) is 12.8 Å². The van der Waals surface area contributed by atoms with Gasteiger partial charge in [-0.05, 0) is 55.7 Å². The monoisotopic (exact) mass is 477 g/mol. The number of hydrogen-bond donors (Lipinski definition) is 2. The fourth-order valence-electron chi connectivity index (χ4n) is 3.94. The zero-order chi connectivity index (χ0) is 23.4. The molecule has 0 saturated carbocycles. The summed E-state index contributed by atoms with van der Waals surface area (Å²) in [5, 5.41) is 6.02. The minimum atomic E-state index is -3.76. The highest BCUT2D eigenvalue weighted by atomic mass is 32.2. The van der Waals surface area contributed by atoms with Gasteiger partial charge in [0.1, 0.15) is 5.82 Å². The largest absolute Gasteiger partial charge is 0.381 e. The van der Waals surface area contributed by atoms with Crippen molar-refractivity contribution in [2.45, 2.75) is 30.8 Å². The van der Waals surface area contributed by atoms with Gasteiger partial charge in [-0.15, -0.1) is 0 Å². The molecule has 2 aliphatic heterocycles. The minimum Gasteiger partial charge on any atom is -0.381 e. The van der Waals surface area contributed by atoms with Crippen molar-refractivity contribution in [3.8, 4) is 0 Å². The molecular formula is C23H28FN3O5S. The summed E-state index contributed by atoms with van der Waals surface area (Å²) in [7, 11) is -3.76. The third-order valence-electron chi connectivity index (χ3n) is 5.84. The highest BCUT2D eigenvalue weighted by molar-refractivity contribution is 7.89. The first kappa shape index (κ1) is 23.6. The molecule has 4 rings (SSSR count). The van der Waals surface area contributed by atoms with Crippen LogP contribution in [0.25, 0.3) is 0 Å². The van der Waals surface area contributed by atoms with Crippen molar-refractivity contribution in [3.05, 3.63) is 53.3 Å². The zero-order valence-corrected chi connectivity index (χ0v) is 19.3. The number of carbonyl (C=O) groups is 1. The highest BCUT2D eigenvalue weighted by Crippen LogP contribution is 2.29. The molecule has 2 saturated heterocycles. The van der Waals surface area contributed by atoms with Gasteiger partial charge in [-0.3, -0.25) is 4.79 Å². The zero-order valence-electron chi connectivity index (χ0n) is 18.5. The smallest absolute Gasteiger partial charge is 0.256 e. The van der Waals surface area contributed by atoms with Gasteiger partial charge in [0.25, 0.3) is 5.91 Å². The lowest BCUT2D eigenvalue weighted by Crippen LogP contribution is -2.40. The molecule has 0 bridgehead atoms. The quantitative estimate of drug-likeness (QED) is 0.637. The number of ether oxygens (including phenoxy) is 2. The van der Waals surface area contributed by atoms with Gasteiger partial charge in [0.2, 0.25) is 10.0 Å². The van der Waals surface area contributed by atoms with E-state index >= 15 is 0 Å². The molecule has 2 aromatic rings. The Bertz CT molecular complexity index is 1110. The molecule has 0 aliphatic carbocycles. The van der Waals surface area contributed by atoms with Crippen molar-refractivity contribution < 1.29 is 27.1 Å². The van der Waals surface area contributed by atoms with Crippen LogP contribution in [0.2, 0.25) is 0 Å². The Morgan fingerprint density at radius 1 is 1.12 bits per heavy atom. The number of carbonyl (C=O) groups excluding carboxylic acids is 1. The van der Waals surface area contributed by atoms with Crippen LogP contribution in [0.15, 0.2) is 41.3 Å². The number of rotatable bonds is 7. The summed E-state index contributed by atoms with van der Waals surface area (Å²) in [5.74, 6) is -1.04. The van der Waals surface area contributed by atoms with Crippen molar-refractivity contribution in [2.24, 2.45) is 0 Å². The Morgan fingerprint density at radius 3 is 2.64 bits per heavy atom. The minimum absolute atomic E-state index is 0.0516. The van der Waals surface area contributed by atoms with E-state index in [1.54, 1.807) is 13.0 Å². The number of morpholine rings is 1. The van der Waals surface area contributed by atoms with E-state index in [1.165, 1.54) is 34.6 Å². The van der Waals surface area contributed by atoms with E-state index in [9.17, 15) is 17.6 Å². The Labute approximate surface area is 193 Å². The maximum Gasteiger partial charge on any atom is 0.256 e. The first-order chi connectivity index (χ1) is 15.8. The number of aryl methyl sites for hydroxylation is 1. The van der Waals surface area contributed by atoms with Crippen LogP contribution in [0.4, 0.5) is 15.8 Å². The molecule has 0 radical (unpaired) electrons. The molecule has 0 aromatic heterocycles. The molecular weight excluding hydrogens is 449 g/mol. The van der Waals surface area contributed by atoms with Crippen molar-refractivity contribution in [1.29, 1.82) is 0 Å². The third-order valence-corrected chi connectivity index (χ3v) is 7.73. The average molecular weight is 478 g/mol. The summed E-state index contributed by atoms with van der Waals surface area (Å²) in [6.07, 6.45) is 1.97. The molecule has 2 aliphatic rings. The second-order valence-corrected chi connectivity index (χ2v) is 10.1. The molecule has 1 unspecified atom stereocenters. The Kier molecular flexibility index (Phi) is 7.28. The van der Waals surface area contributed by atoms with E-state index in [0.717, 1.165) is 12.8 Å². The molecule has 1 atom stereocenters. The third kappa shape index (κ3) is 5.52. The second kappa shape index (κ2) is 10.2. The van der Waals surface area contributed by atoms with Crippen LogP contribution >= 0.6 is 0 Å².